The van der Waals surface area contributed by atoms with Crippen molar-refractivity contribution in [3.05, 3.63) is 65.4 Å². The Hall–Kier alpha value is -3.38. The van der Waals surface area contributed by atoms with Gasteiger partial charge in [0.05, 0.1) is 11.4 Å². The number of nitrogens with zero attached hydrogens (tertiary/aromatic N) is 4. The first kappa shape index (κ1) is 25.7. The summed E-state index contributed by atoms with van der Waals surface area (Å²) < 4.78 is 106. The third-order valence-electron chi connectivity index (χ3n) is 5.72. The van der Waals surface area contributed by atoms with Gasteiger partial charge in [-0.2, -0.15) is 26.3 Å². The summed E-state index contributed by atoms with van der Waals surface area (Å²) in [6.45, 7) is -0.111. The van der Waals surface area contributed by atoms with Gasteiger partial charge in [-0.05, 0) is 42.7 Å². The molecule has 3 aromatic heterocycles. The first-order valence-corrected chi connectivity index (χ1v) is 10.9. The molecule has 0 bridgehead atoms. The van der Waals surface area contributed by atoms with Crippen LogP contribution in [0.5, 0.6) is 0 Å². The van der Waals surface area contributed by atoms with Crippen LogP contribution in [-0.2, 0) is 18.9 Å². The molecular weight excluding hydrogens is 498 g/mol. The van der Waals surface area contributed by atoms with Crippen molar-refractivity contribution < 1.29 is 35.1 Å². The van der Waals surface area contributed by atoms with E-state index in [1.165, 1.54) is 18.2 Å². The molecule has 3 heterocycles. The minimum atomic E-state index is -4.70. The molecule has 1 N–H and O–H groups in total. The fourth-order valence-corrected chi connectivity index (χ4v) is 3.84. The van der Waals surface area contributed by atoms with Crippen molar-refractivity contribution in [1.29, 1.82) is 0 Å². The van der Waals surface area contributed by atoms with Gasteiger partial charge in [-0.15, -0.1) is 0 Å². The van der Waals surface area contributed by atoms with E-state index < -0.39 is 35.6 Å². The molecule has 0 saturated heterocycles. The summed E-state index contributed by atoms with van der Waals surface area (Å²) >= 11 is 0. The van der Waals surface area contributed by atoms with Gasteiger partial charge in [-0.3, -0.25) is 4.98 Å². The third-order valence-corrected chi connectivity index (χ3v) is 5.72. The van der Waals surface area contributed by atoms with Gasteiger partial charge in [-0.25, -0.2) is 23.7 Å². The number of pyridine rings is 2. The summed E-state index contributed by atoms with van der Waals surface area (Å²) in [7, 11) is 0. The van der Waals surface area contributed by atoms with Crippen molar-refractivity contribution in [3.63, 3.8) is 0 Å². The predicted octanol–water partition coefficient (Wildman–Crippen LogP) is 6.88. The maximum Gasteiger partial charge on any atom is 0.433 e. The Bertz CT molecular complexity index is 1220. The number of halogens is 8. The summed E-state index contributed by atoms with van der Waals surface area (Å²) in [4.78, 5) is 15.6. The summed E-state index contributed by atoms with van der Waals surface area (Å²) in [6.07, 6.45) is -8.94. The summed E-state index contributed by atoms with van der Waals surface area (Å²) in [5.41, 5.74) is -2.07. The highest BCUT2D eigenvalue weighted by Crippen LogP contribution is 2.40. The third kappa shape index (κ3) is 6.24. The van der Waals surface area contributed by atoms with Crippen molar-refractivity contribution in [2.75, 3.05) is 5.32 Å². The van der Waals surface area contributed by atoms with E-state index in [1.807, 2.05) is 0 Å². The first-order valence-electron chi connectivity index (χ1n) is 10.9. The molecule has 0 spiro atoms. The van der Waals surface area contributed by atoms with E-state index in [2.05, 4.69) is 25.3 Å². The van der Waals surface area contributed by atoms with Gasteiger partial charge >= 0.3 is 12.4 Å². The van der Waals surface area contributed by atoms with Gasteiger partial charge in [-0.1, -0.05) is 6.07 Å². The highest BCUT2D eigenvalue weighted by molar-refractivity contribution is 5.59. The number of anilines is 1. The van der Waals surface area contributed by atoms with Crippen LogP contribution in [0.3, 0.4) is 0 Å². The molecule has 1 saturated carbocycles. The molecule has 1 fully saturated rings. The van der Waals surface area contributed by atoms with Crippen LogP contribution in [0.25, 0.3) is 11.4 Å². The molecule has 4 rings (SSSR count). The molecule has 0 radical (unpaired) electrons. The number of rotatable bonds is 5. The minimum absolute atomic E-state index is 0.0247. The second-order valence-corrected chi connectivity index (χ2v) is 8.43. The largest absolute Gasteiger partial charge is 0.433 e. The molecule has 1 aliphatic carbocycles. The summed E-state index contributed by atoms with van der Waals surface area (Å²) in [5.74, 6) is -3.02. The van der Waals surface area contributed by atoms with E-state index in [9.17, 15) is 35.1 Å². The summed E-state index contributed by atoms with van der Waals surface area (Å²) in [6, 6.07) is 6.82. The van der Waals surface area contributed by atoms with Crippen molar-refractivity contribution in [2.24, 2.45) is 0 Å². The zero-order valence-corrected chi connectivity index (χ0v) is 18.5. The van der Waals surface area contributed by atoms with E-state index in [1.54, 1.807) is 0 Å². The molecule has 192 valence electrons. The number of aromatic nitrogens is 4. The van der Waals surface area contributed by atoms with Crippen molar-refractivity contribution in [1.82, 2.24) is 19.9 Å². The molecule has 0 unspecified atom stereocenters. The predicted molar refractivity (Wildman–Crippen MR) is 113 cm³/mol. The standard InChI is InChI=1S/C23H19F8N5/c24-21(25)7-4-14(5-8-21)20-35-16(15-2-1-3-17(34-15)22(26,27)28)11-19(36-20)33-12-13-6-9-32-18(10-13)23(29,30)31/h1-3,6,9-11,14H,4-5,7-8,12H2,(H,33,35,36). The number of alkyl halides is 8. The van der Waals surface area contributed by atoms with Gasteiger partial charge < -0.3 is 5.32 Å². The van der Waals surface area contributed by atoms with Crippen LogP contribution >= 0.6 is 0 Å². The first-order chi connectivity index (χ1) is 16.8. The molecule has 0 aromatic carbocycles. The van der Waals surface area contributed by atoms with Crippen LogP contribution in [0.1, 0.15) is 54.4 Å². The Morgan fingerprint density at radius 3 is 2.19 bits per heavy atom. The Morgan fingerprint density at radius 2 is 1.53 bits per heavy atom. The van der Waals surface area contributed by atoms with E-state index in [0.717, 1.165) is 24.4 Å². The van der Waals surface area contributed by atoms with E-state index >= 15 is 0 Å². The molecule has 5 nitrogen and oxygen atoms in total. The monoisotopic (exact) mass is 517 g/mol. The smallest absolute Gasteiger partial charge is 0.366 e. The Morgan fingerprint density at radius 1 is 0.833 bits per heavy atom. The molecular formula is C23H19F8N5. The van der Waals surface area contributed by atoms with Crippen LogP contribution in [-0.4, -0.2) is 25.9 Å². The highest BCUT2D eigenvalue weighted by atomic mass is 19.4. The van der Waals surface area contributed by atoms with Crippen LogP contribution in [0, 0.1) is 0 Å². The molecule has 0 aliphatic heterocycles. The maximum atomic E-state index is 13.6. The minimum Gasteiger partial charge on any atom is -0.366 e. The lowest BCUT2D eigenvalue weighted by atomic mass is 9.86. The Labute approximate surface area is 200 Å². The van der Waals surface area contributed by atoms with E-state index in [0.29, 0.717) is 0 Å². The second-order valence-electron chi connectivity index (χ2n) is 8.43. The normalized spacial score (nSPS) is 16.7. The molecule has 3 aromatic rings. The second kappa shape index (κ2) is 9.58. The lowest BCUT2D eigenvalue weighted by Crippen LogP contribution is -2.24. The average molecular weight is 517 g/mol. The number of hydrogen-bond acceptors (Lipinski definition) is 5. The van der Waals surface area contributed by atoms with E-state index in [-0.39, 0.29) is 60.8 Å². The molecule has 36 heavy (non-hydrogen) atoms. The fraction of sp³-hybridized carbons (Fsp3) is 0.391. The molecule has 1 aliphatic rings. The molecule has 0 amide bonds. The van der Waals surface area contributed by atoms with Gasteiger partial charge in [0.2, 0.25) is 5.92 Å². The topological polar surface area (TPSA) is 63.6 Å². The van der Waals surface area contributed by atoms with Crippen molar-refractivity contribution in [3.8, 4) is 11.4 Å². The zero-order valence-electron chi connectivity index (χ0n) is 18.5. The molecule has 13 heteroatoms. The van der Waals surface area contributed by atoms with Gasteiger partial charge in [0.15, 0.2) is 0 Å². The van der Waals surface area contributed by atoms with Gasteiger partial charge in [0.1, 0.15) is 23.0 Å². The zero-order chi connectivity index (χ0) is 26.1. The van der Waals surface area contributed by atoms with Crippen LogP contribution in [0.15, 0.2) is 42.6 Å². The molecule has 0 atom stereocenters. The lowest BCUT2D eigenvalue weighted by molar-refractivity contribution is -0.141. The van der Waals surface area contributed by atoms with Crippen LogP contribution in [0.4, 0.5) is 40.9 Å². The lowest BCUT2D eigenvalue weighted by Gasteiger charge is -2.27. The van der Waals surface area contributed by atoms with Crippen LogP contribution in [0.2, 0.25) is 0 Å². The summed E-state index contributed by atoms with van der Waals surface area (Å²) in [5, 5.41) is 2.85. The van der Waals surface area contributed by atoms with Crippen molar-refractivity contribution >= 4 is 5.82 Å². The van der Waals surface area contributed by atoms with Gasteiger partial charge in [0.25, 0.3) is 0 Å². The number of hydrogen-bond donors (Lipinski definition) is 1. The highest BCUT2D eigenvalue weighted by Gasteiger charge is 2.37. The fourth-order valence-electron chi connectivity index (χ4n) is 3.84. The average Bonchev–Trinajstić information content (AvgIpc) is 2.82. The quantitative estimate of drug-likeness (QED) is 0.374. The van der Waals surface area contributed by atoms with Crippen molar-refractivity contribution in [2.45, 2.75) is 56.4 Å². The maximum absolute atomic E-state index is 13.6. The van der Waals surface area contributed by atoms with E-state index in [4.69, 9.17) is 0 Å². The number of nitrogens with one attached hydrogen (secondary N) is 1. The Kier molecular flexibility index (Phi) is 6.84. The van der Waals surface area contributed by atoms with Crippen LogP contribution < -0.4 is 5.32 Å². The van der Waals surface area contributed by atoms with Gasteiger partial charge in [0, 0.05) is 37.6 Å². The Balaban J connectivity index is 1.66. The SMILES string of the molecule is FC1(F)CCC(c2nc(NCc3ccnc(C(F)(F)F)c3)cc(-c3cccc(C(F)(F)F)n3)n2)CC1.